The van der Waals surface area contributed by atoms with Gasteiger partial charge in [-0.05, 0) is 30.3 Å². The smallest absolute Gasteiger partial charge is 0.344 e. The van der Waals surface area contributed by atoms with Crippen LogP contribution < -0.4 is 20.7 Å². The van der Waals surface area contributed by atoms with Crippen LogP contribution in [-0.4, -0.2) is 58.7 Å². The Morgan fingerprint density at radius 3 is 2.54 bits per heavy atom. The monoisotopic (exact) mass is 484 g/mol. The Morgan fingerprint density at radius 1 is 1.06 bits per heavy atom. The molecule has 0 saturated carbocycles. The van der Waals surface area contributed by atoms with E-state index in [0.717, 1.165) is 6.07 Å². The van der Waals surface area contributed by atoms with Gasteiger partial charge >= 0.3 is 11.3 Å². The predicted molar refractivity (Wildman–Crippen MR) is 121 cm³/mol. The minimum absolute atomic E-state index is 0.0257. The molecule has 2 aromatic carbocycles. The van der Waals surface area contributed by atoms with Crippen molar-refractivity contribution in [3.8, 4) is 28.4 Å². The van der Waals surface area contributed by atoms with Crippen molar-refractivity contribution in [2.75, 3.05) is 20.3 Å². The average Bonchev–Trinajstić information content (AvgIpc) is 3.13. The third-order valence-electron chi connectivity index (χ3n) is 5.88. The molecule has 0 aliphatic carbocycles. The molecule has 1 saturated heterocycles. The van der Waals surface area contributed by atoms with E-state index in [0.29, 0.717) is 10.8 Å². The van der Waals surface area contributed by atoms with Crippen LogP contribution >= 0.6 is 0 Å². The molecule has 4 N–H and O–H groups in total. The third-order valence-corrected chi connectivity index (χ3v) is 5.88. The van der Waals surface area contributed by atoms with Gasteiger partial charge in [-0.1, -0.05) is 0 Å². The van der Waals surface area contributed by atoms with E-state index in [1.807, 2.05) is 0 Å². The van der Waals surface area contributed by atoms with Crippen LogP contribution in [0.3, 0.4) is 0 Å². The highest BCUT2D eigenvalue weighted by molar-refractivity contribution is 5.97. The van der Waals surface area contributed by atoms with E-state index < -0.39 is 41.6 Å². The van der Waals surface area contributed by atoms with E-state index in [1.54, 1.807) is 18.2 Å². The summed E-state index contributed by atoms with van der Waals surface area (Å²) < 4.78 is 26.9. The van der Waals surface area contributed by atoms with Gasteiger partial charge in [0, 0.05) is 22.9 Å². The number of ether oxygens (including phenoxy) is 3. The number of rotatable bonds is 5. The molecule has 0 spiro atoms. The van der Waals surface area contributed by atoms with Crippen molar-refractivity contribution < 1.29 is 43.5 Å². The maximum atomic E-state index is 12.9. The van der Waals surface area contributed by atoms with Gasteiger partial charge in [-0.2, -0.15) is 0 Å². The van der Waals surface area contributed by atoms with Gasteiger partial charge < -0.3 is 43.5 Å². The first-order chi connectivity index (χ1) is 16.7. The van der Waals surface area contributed by atoms with Gasteiger partial charge in [-0.25, -0.2) is 9.59 Å². The predicted octanol–water partition coefficient (Wildman–Crippen LogP) is 1.10. The Hall–Kier alpha value is -3.90. The lowest BCUT2D eigenvalue weighted by atomic mass is 10.0. The number of aliphatic hydroxyl groups excluding tert-OH is 2. The summed E-state index contributed by atoms with van der Waals surface area (Å²) in [4.78, 5) is 24.8. The fourth-order valence-corrected chi connectivity index (χ4v) is 3.96. The number of methoxy groups -OCH3 is 1. The minimum Gasteiger partial charge on any atom is -0.504 e. The summed E-state index contributed by atoms with van der Waals surface area (Å²) in [6.45, 7) is -1.13. The number of aliphatic hydroxyl groups is 3. The van der Waals surface area contributed by atoms with Crippen molar-refractivity contribution >= 4 is 21.9 Å². The van der Waals surface area contributed by atoms with Crippen LogP contribution in [0, 0.1) is 0 Å². The molecule has 3 atom stereocenters. The summed E-state index contributed by atoms with van der Waals surface area (Å²) in [6, 6.07) is 10.0. The standard InChI is InChI=1S/C24H20O11/c1-31-15-4-2-11-3-5-18(27)35-20(11)19(15)13-6-12-7-17(14(26)8-16(12)33-22(13)29)34-23-21(28)24(30,9-25)10-32-23/h2-8,21,23,25-26,28,30H,9-10H2,1H3/t21-,23-,24+/m0/s1. The number of phenolic OH excluding ortho intramolecular Hbond substituents is 1. The fraction of sp³-hybridized carbons (Fsp3) is 0.250. The summed E-state index contributed by atoms with van der Waals surface area (Å²) in [5.41, 5.74) is -2.91. The summed E-state index contributed by atoms with van der Waals surface area (Å²) in [7, 11) is 1.40. The molecule has 11 heteroatoms. The molecular weight excluding hydrogens is 464 g/mol. The maximum Gasteiger partial charge on any atom is 0.344 e. The molecule has 0 bridgehead atoms. The minimum atomic E-state index is -1.91. The van der Waals surface area contributed by atoms with Crippen LogP contribution in [0.4, 0.5) is 0 Å². The quantitative estimate of drug-likeness (QED) is 0.299. The lowest BCUT2D eigenvalue weighted by Crippen LogP contribution is -2.48. The molecule has 35 heavy (non-hydrogen) atoms. The van der Waals surface area contributed by atoms with Crippen LogP contribution in [0.25, 0.3) is 33.1 Å². The van der Waals surface area contributed by atoms with Gasteiger partial charge in [0.25, 0.3) is 0 Å². The molecule has 2 aromatic heterocycles. The third kappa shape index (κ3) is 3.80. The summed E-state index contributed by atoms with van der Waals surface area (Å²) >= 11 is 0. The average molecular weight is 484 g/mol. The summed E-state index contributed by atoms with van der Waals surface area (Å²) in [5, 5.41) is 40.9. The highest BCUT2D eigenvalue weighted by atomic mass is 16.7. The van der Waals surface area contributed by atoms with Crippen LogP contribution in [0.2, 0.25) is 0 Å². The van der Waals surface area contributed by atoms with Gasteiger partial charge in [0.1, 0.15) is 28.6 Å². The molecule has 1 fully saturated rings. The van der Waals surface area contributed by atoms with Gasteiger partial charge in [0.2, 0.25) is 6.29 Å². The first-order valence-corrected chi connectivity index (χ1v) is 10.5. The molecule has 1 aliphatic rings. The zero-order valence-electron chi connectivity index (χ0n) is 18.3. The number of aromatic hydroxyl groups is 1. The molecular formula is C24H20O11. The van der Waals surface area contributed by atoms with Crippen molar-refractivity contribution in [3.05, 3.63) is 63.3 Å². The fourth-order valence-electron chi connectivity index (χ4n) is 3.96. The zero-order chi connectivity index (χ0) is 24.9. The van der Waals surface area contributed by atoms with Gasteiger partial charge in [-0.3, -0.25) is 0 Å². The Morgan fingerprint density at radius 2 is 1.83 bits per heavy atom. The highest BCUT2D eigenvalue weighted by Crippen LogP contribution is 2.39. The number of hydrogen-bond donors (Lipinski definition) is 4. The second kappa shape index (κ2) is 8.40. The Balaban J connectivity index is 1.64. The van der Waals surface area contributed by atoms with E-state index >= 15 is 0 Å². The van der Waals surface area contributed by atoms with Crippen molar-refractivity contribution in [1.29, 1.82) is 0 Å². The number of hydrogen-bond acceptors (Lipinski definition) is 11. The van der Waals surface area contributed by atoms with E-state index in [1.165, 1.54) is 25.3 Å². The van der Waals surface area contributed by atoms with E-state index in [4.69, 9.17) is 23.0 Å². The van der Waals surface area contributed by atoms with Crippen molar-refractivity contribution in [3.63, 3.8) is 0 Å². The first kappa shape index (κ1) is 22.9. The van der Waals surface area contributed by atoms with Crippen molar-refractivity contribution in [1.82, 2.24) is 0 Å². The molecule has 4 aromatic rings. The van der Waals surface area contributed by atoms with E-state index in [2.05, 4.69) is 0 Å². The van der Waals surface area contributed by atoms with Gasteiger partial charge in [-0.15, -0.1) is 0 Å². The molecule has 0 unspecified atom stereocenters. The topological polar surface area (TPSA) is 169 Å². The normalized spacial score (nSPS) is 22.1. The second-order valence-electron chi connectivity index (χ2n) is 8.12. The van der Waals surface area contributed by atoms with Crippen LogP contribution in [0.5, 0.6) is 17.2 Å². The van der Waals surface area contributed by atoms with Crippen LogP contribution in [-0.2, 0) is 4.74 Å². The molecule has 11 nitrogen and oxygen atoms in total. The van der Waals surface area contributed by atoms with Crippen molar-refractivity contribution in [2.45, 2.75) is 18.0 Å². The van der Waals surface area contributed by atoms with Crippen LogP contribution in [0.15, 0.2) is 60.9 Å². The zero-order valence-corrected chi connectivity index (χ0v) is 18.3. The Bertz CT molecular complexity index is 1550. The largest absolute Gasteiger partial charge is 0.504 e. The van der Waals surface area contributed by atoms with E-state index in [9.17, 15) is 30.0 Å². The second-order valence-corrected chi connectivity index (χ2v) is 8.12. The lowest BCUT2D eigenvalue weighted by molar-refractivity contribution is -0.116. The summed E-state index contributed by atoms with van der Waals surface area (Å²) in [6.07, 6.45) is -2.96. The van der Waals surface area contributed by atoms with Crippen LogP contribution in [0.1, 0.15) is 0 Å². The van der Waals surface area contributed by atoms with Gasteiger partial charge in [0.15, 0.2) is 11.5 Å². The highest BCUT2D eigenvalue weighted by Gasteiger charge is 2.49. The summed E-state index contributed by atoms with van der Waals surface area (Å²) in [5.74, 6) is -0.295. The van der Waals surface area contributed by atoms with Gasteiger partial charge in [0.05, 0.1) is 31.5 Å². The number of phenols is 1. The van der Waals surface area contributed by atoms with Crippen molar-refractivity contribution in [2.24, 2.45) is 0 Å². The first-order valence-electron chi connectivity index (χ1n) is 10.5. The molecule has 0 amide bonds. The molecule has 3 heterocycles. The Kier molecular flexibility index (Phi) is 5.49. The molecule has 5 rings (SSSR count). The number of fused-ring (bicyclic) bond motifs is 2. The molecule has 0 radical (unpaired) electrons. The SMILES string of the molecule is COc1ccc2ccc(=O)oc2c1-c1cc2cc(O[C@@H]3OC[C@](O)(CO)[C@H]3O)c(O)cc2oc1=O. The molecule has 182 valence electrons. The lowest BCUT2D eigenvalue weighted by Gasteiger charge is -2.24. The number of benzene rings is 2. The Labute approximate surface area is 195 Å². The maximum absolute atomic E-state index is 12.9. The van der Waals surface area contributed by atoms with E-state index in [-0.39, 0.29) is 40.4 Å². The molecule has 1 aliphatic heterocycles.